The van der Waals surface area contributed by atoms with Crippen LogP contribution in [0.3, 0.4) is 0 Å². The maximum Gasteiger partial charge on any atom is 0.236 e. The van der Waals surface area contributed by atoms with E-state index < -0.39 is 36.3 Å². The largest absolute Gasteiger partial charge is 0.383 e. The van der Waals surface area contributed by atoms with Gasteiger partial charge >= 0.3 is 0 Å². The van der Waals surface area contributed by atoms with Crippen molar-refractivity contribution in [3.63, 3.8) is 0 Å². The van der Waals surface area contributed by atoms with Crippen molar-refractivity contribution in [3.8, 4) is 0 Å². The number of amides is 6. The first-order valence-corrected chi connectivity index (χ1v) is 25.0. The number of ether oxygens (including phenoxy) is 1. The zero-order valence-electron chi connectivity index (χ0n) is 41.0. The normalized spacial score (nSPS) is 14.1. The molecule has 0 aliphatic rings. The molecule has 392 valence electrons. The molecule has 67 heavy (non-hydrogen) atoms. The summed E-state index contributed by atoms with van der Waals surface area (Å²) in [6, 6.07) is -3.65. The lowest BCUT2D eigenvalue weighted by atomic mass is 10.1. The van der Waals surface area contributed by atoms with E-state index >= 15 is 0 Å². The van der Waals surface area contributed by atoms with E-state index in [1.54, 1.807) is 7.11 Å². The van der Waals surface area contributed by atoms with Gasteiger partial charge in [0, 0.05) is 52.9 Å². The van der Waals surface area contributed by atoms with Crippen LogP contribution in [0.2, 0.25) is 0 Å². The van der Waals surface area contributed by atoms with Crippen LogP contribution in [0, 0.1) is 0 Å². The summed E-state index contributed by atoms with van der Waals surface area (Å²) in [5.74, 6) is -1.24. The fourth-order valence-corrected chi connectivity index (χ4v) is 6.98. The second-order valence-corrected chi connectivity index (χ2v) is 17.5. The minimum Gasteiger partial charge on any atom is -0.383 e. The molecule has 0 fully saturated rings. The highest BCUT2D eigenvalue weighted by Crippen LogP contribution is 2.05. The quantitative estimate of drug-likeness (QED) is 0.0277. The van der Waals surface area contributed by atoms with Crippen LogP contribution in [-0.4, -0.2) is 162 Å². The molecule has 0 aliphatic carbocycles. The highest BCUT2D eigenvalue weighted by atomic mass is 16.5. The summed E-state index contributed by atoms with van der Waals surface area (Å²) >= 11 is 0. The summed E-state index contributed by atoms with van der Waals surface area (Å²) in [7, 11) is 1.64. The Morgan fingerprint density at radius 1 is 0.358 bits per heavy atom. The van der Waals surface area contributed by atoms with Gasteiger partial charge in [-0.15, -0.1) is 0 Å². The predicted octanol–water partition coefficient (Wildman–Crippen LogP) is -2.68. The summed E-state index contributed by atoms with van der Waals surface area (Å²) in [5.41, 5.74) is 47.1. The van der Waals surface area contributed by atoms with Crippen LogP contribution >= 0.6 is 0 Å². The van der Waals surface area contributed by atoms with Crippen LogP contribution in [0.25, 0.3) is 0 Å². The van der Waals surface area contributed by atoms with Gasteiger partial charge < -0.3 is 87.4 Å². The molecule has 0 rings (SSSR count). The van der Waals surface area contributed by atoms with Crippen LogP contribution in [0.1, 0.15) is 128 Å². The van der Waals surface area contributed by atoms with Gasteiger partial charge in [0.05, 0.1) is 42.9 Å². The van der Waals surface area contributed by atoms with Gasteiger partial charge in [0.25, 0.3) is 0 Å². The number of nitrogens with zero attached hydrogens (tertiary/aromatic N) is 1. The number of nitrogens with two attached hydrogens (primary N) is 8. The first kappa shape index (κ1) is 63.4. The molecule has 0 unspecified atom stereocenters. The van der Waals surface area contributed by atoms with Crippen molar-refractivity contribution in [2.75, 3.05) is 85.7 Å². The molecular formula is C45H95N15O7. The Bertz CT molecular complexity index is 1230. The van der Waals surface area contributed by atoms with E-state index in [-0.39, 0.29) is 35.4 Å². The number of methoxy groups -OCH3 is 1. The molecule has 0 saturated carbocycles. The molecule has 6 atom stereocenters. The van der Waals surface area contributed by atoms with Crippen LogP contribution in [0.15, 0.2) is 0 Å². The third-order valence-electron chi connectivity index (χ3n) is 11.4. The minimum absolute atomic E-state index is 0.177. The Hall–Kier alpha value is -3.58. The zero-order valence-corrected chi connectivity index (χ0v) is 41.0. The lowest BCUT2D eigenvalue weighted by molar-refractivity contribution is -0.123. The third kappa shape index (κ3) is 35.2. The maximum atomic E-state index is 12.6. The van der Waals surface area contributed by atoms with Crippen molar-refractivity contribution < 1.29 is 33.5 Å². The van der Waals surface area contributed by atoms with Gasteiger partial charge in [0.2, 0.25) is 35.4 Å². The fraction of sp³-hybridized carbons (Fsp3) is 0.867. The van der Waals surface area contributed by atoms with Gasteiger partial charge in [-0.1, -0.05) is 12.8 Å². The number of rotatable bonds is 45. The summed E-state index contributed by atoms with van der Waals surface area (Å²) in [5, 5.41) is 17.2. The molecule has 0 aromatic carbocycles. The van der Waals surface area contributed by atoms with Crippen molar-refractivity contribution >= 4 is 35.4 Å². The van der Waals surface area contributed by atoms with Gasteiger partial charge in [0.15, 0.2) is 0 Å². The van der Waals surface area contributed by atoms with Crippen molar-refractivity contribution in [3.05, 3.63) is 0 Å². The van der Waals surface area contributed by atoms with E-state index in [1.807, 2.05) is 0 Å². The molecule has 22 heteroatoms. The predicted molar refractivity (Wildman–Crippen MR) is 265 cm³/mol. The van der Waals surface area contributed by atoms with Crippen LogP contribution in [0.4, 0.5) is 0 Å². The minimum atomic E-state index is -0.652. The summed E-state index contributed by atoms with van der Waals surface area (Å²) in [4.78, 5) is 76.3. The molecule has 0 aliphatic heterocycles. The molecule has 0 aromatic heterocycles. The van der Waals surface area contributed by atoms with Crippen LogP contribution in [0.5, 0.6) is 0 Å². The zero-order chi connectivity index (χ0) is 50.1. The van der Waals surface area contributed by atoms with E-state index in [0.29, 0.717) is 168 Å². The molecule has 0 radical (unpaired) electrons. The first-order chi connectivity index (χ1) is 32.2. The van der Waals surface area contributed by atoms with E-state index in [2.05, 4.69) is 36.8 Å². The van der Waals surface area contributed by atoms with Crippen molar-refractivity contribution in [1.29, 1.82) is 0 Å². The summed E-state index contributed by atoms with van der Waals surface area (Å²) < 4.78 is 5.27. The summed E-state index contributed by atoms with van der Waals surface area (Å²) in [6.07, 6.45) is 13.3. The second-order valence-electron chi connectivity index (χ2n) is 17.5. The Balaban J connectivity index is 4.10. The molecule has 0 spiro atoms. The van der Waals surface area contributed by atoms with Crippen molar-refractivity contribution in [2.45, 2.75) is 165 Å². The lowest BCUT2D eigenvalue weighted by Gasteiger charge is -2.22. The molecule has 0 bridgehead atoms. The Kier molecular flexibility index (Phi) is 40.2. The smallest absolute Gasteiger partial charge is 0.236 e. The van der Waals surface area contributed by atoms with E-state index in [1.165, 1.54) is 0 Å². The van der Waals surface area contributed by atoms with Crippen LogP contribution in [-0.2, 0) is 33.5 Å². The van der Waals surface area contributed by atoms with Gasteiger partial charge in [-0.2, -0.15) is 0 Å². The molecule has 6 amide bonds. The number of carbonyl (C=O) groups is 6. The van der Waals surface area contributed by atoms with Crippen molar-refractivity contribution in [2.24, 2.45) is 45.9 Å². The van der Waals surface area contributed by atoms with E-state index in [9.17, 15) is 28.8 Å². The van der Waals surface area contributed by atoms with Crippen LogP contribution < -0.4 is 77.8 Å². The molecule has 0 aromatic rings. The molecule has 0 saturated heterocycles. The monoisotopic (exact) mass is 958 g/mol. The van der Waals surface area contributed by atoms with E-state index in [4.69, 9.17) is 50.6 Å². The first-order valence-electron chi connectivity index (χ1n) is 25.0. The lowest BCUT2D eigenvalue weighted by Crippen LogP contribution is -2.43. The van der Waals surface area contributed by atoms with Gasteiger partial charge in [0.1, 0.15) is 0 Å². The number of carbonyl (C=O) groups excluding carboxylic acids is 6. The van der Waals surface area contributed by atoms with Crippen molar-refractivity contribution in [1.82, 2.24) is 36.8 Å². The Morgan fingerprint density at radius 3 is 0.806 bits per heavy atom. The third-order valence-corrected chi connectivity index (χ3v) is 11.4. The number of hydrogen-bond acceptors (Lipinski definition) is 16. The van der Waals surface area contributed by atoms with E-state index in [0.717, 1.165) is 38.8 Å². The average molecular weight is 958 g/mol. The topological polar surface area (TPSA) is 395 Å². The van der Waals surface area contributed by atoms with Gasteiger partial charge in [-0.3, -0.25) is 28.8 Å². The van der Waals surface area contributed by atoms with Gasteiger partial charge in [-0.05, 0) is 142 Å². The fourth-order valence-electron chi connectivity index (χ4n) is 6.98. The standard InChI is InChI=1S/C45H95N15O7/c1-67-33-32-60(30-14-28-58-44(65)38(52)20-6-12-26-56-42(63)36(50)18-4-10-24-54-40(61)34(48)16-2-8-22-46)31-15-29-59-45(66)39(53)21-7-13-27-57-43(64)37(51)19-5-11-25-55-41(62)35(49)17-3-9-23-47/h34-39H,2-33,46-53H2,1H3,(H,54,61)(H,55,62)(H,56,63)(H,57,64)(H,58,65)(H,59,66)/t34-,35-,36-,37-,38-,39-/m0/s1. The number of nitrogens with one attached hydrogen (secondary N) is 6. The summed E-state index contributed by atoms with van der Waals surface area (Å²) in [6.45, 7) is 6.64. The highest BCUT2D eigenvalue weighted by Gasteiger charge is 2.18. The molecular weight excluding hydrogens is 863 g/mol. The highest BCUT2D eigenvalue weighted by molar-refractivity contribution is 5.83. The number of hydrogen-bond donors (Lipinski definition) is 14. The SMILES string of the molecule is COCCN(CCCNC(=O)[C@@H](N)CCCCNC(=O)[C@@H](N)CCCCNC(=O)[C@@H](N)CCCCN)CCCNC(=O)[C@@H](N)CCCCNC(=O)[C@@H](N)CCCCNC(=O)[C@@H](N)CCCCN. The second kappa shape index (κ2) is 42.5. The Morgan fingerprint density at radius 2 is 0.582 bits per heavy atom. The maximum absolute atomic E-state index is 12.6. The Labute approximate surface area is 401 Å². The molecule has 0 heterocycles. The molecule has 22 N–H and O–H groups in total. The number of unbranched alkanes of at least 4 members (excludes halogenated alkanes) is 6. The molecule has 22 nitrogen and oxygen atoms in total. The average Bonchev–Trinajstić information content (AvgIpc) is 3.31. The van der Waals surface area contributed by atoms with Gasteiger partial charge in [-0.25, -0.2) is 0 Å².